The van der Waals surface area contributed by atoms with Crippen molar-refractivity contribution in [2.24, 2.45) is 0 Å². The summed E-state index contributed by atoms with van der Waals surface area (Å²) in [6.45, 7) is 0. The van der Waals surface area contributed by atoms with Crippen LogP contribution in [0.3, 0.4) is 0 Å². The number of rotatable bonds is 0. The van der Waals surface area contributed by atoms with E-state index in [2.05, 4.69) is 0 Å². The Balaban J connectivity index is 0. The van der Waals surface area contributed by atoms with E-state index in [1.54, 1.807) is 0 Å². The molecule has 0 fully saturated rings. The zero-order chi connectivity index (χ0) is 0. The Morgan fingerprint density at radius 3 is 1.00 bits per heavy atom. The summed E-state index contributed by atoms with van der Waals surface area (Å²) in [4.78, 5) is 0. The van der Waals surface area contributed by atoms with Crippen LogP contribution in [0, 0.1) is 0 Å². The van der Waals surface area contributed by atoms with Crippen molar-refractivity contribution in [3.63, 3.8) is 0 Å². The van der Waals surface area contributed by atoms with Crippen molar-refractivity contribution in [1.29, 1.82) is 0 Å². The quantitative estimate of drug-likeness (QED) is 0.500. The van der Waals surface area contributed by atoms with E-state index in [-0.39, 0.29) is 64.4 Å². The van der Waals surface area contributed by atoms with E-state index < -0.39 is 0 Å². The zero-order valence-electron chi connectivity index (χ0n) is 1.89. The second kappa shape index (κ2) is 21.1. The molecule has 0 saturated carbocycles. The van der Waals surface area contributed by atoms with Crippen molar-refractivity contribution in [1.82, 2.24) is 0 Å². The second-order valence-corrected chi connectivity index (χ2v) is 0. The molecule has 2 N–H and O–H groups in total. The summed E-state index contributed by atoms with van der Waals surface area (Å²) in [7, 11) is 0. The van der Waals surface area contributed by atoms with Crippen molar-refractivity contribution in [2.75, 3.05) is 0 Å². The standard InChI is InChI=1S/Ag.Mn.H2O.Zn/h;;1H2;. The van der Waals surface area contributed by atoms with Crippen LogP contribution >= 0.6 is 0 Å². The third-order valence-electron chi connectivity index (χ3n) is 0. The van der Waals surface area contributed by atoms with E-state index in [0.717, 1.165) is 0 Å². The molecule has 0 aromatic carbocycles. The van der Waals surface area contributed by atoms with Crippen molar-refractivity contribution in [3.8, 4) is 0 Å². The van der Waals surface area contributed by atoms with Gasteiger partial charge in [0.15, 0.2) is 0 Å². The van der Waals surface area contributed by atoms with Gasteiger partial charge in [-0.05, 0) is 0 Å². The van der Waals surface area contributed by atoms with Crippen molar-refractivity contribution >= 4 is 0 Å². The van der Waals surface area contributed by atoms with E-state index in [1.165, 1.54) is 0 Å². The molecule has 0 aliphatic carbocycles. The van der Waals surface area contributed by atoms with Gasteiger partial charge in [0.2, 0.25) is 0 Å². The van der Waals surface area contributed by atoms with Crippen molar-refractivity contribution in [3.05, 3.63) is 0 Å². The molecular formula is H2AgMnOZn. The van der Waals surface area contributed by atoms with Gasteiger partial charge in [0, 0.05) is 58.9 Å². The molecule has 4 heavy (non-hydrogen) atoms. The summed E-state index contributed by atoms with van der Waals surface area (Å²) in [6, 6.07) is 0. The fourth-order valence-electron chi connectivity index (χ4n) is 0. The Bertz CT molecular complexity index is 8.00. The first-order valence-corrected chi connectivity index (χ1v) is 0. The molecule has 0 heterocycles. The van der Waals surface area contributed by atoms with E-state index in [1.807, 2.05) is 0 Å². The molecule has 2 radical (unpaired) electrons. The molecule has 0 unspecified atom stereocenters. The molecule has 1 nitrogen and oxygen atoms in total. The maximum atomic E-state index is 0. The molecule has 0 aromatic rings. The second-order valence-electron chi connectivity index (χ2n) is 0. The van der Waals surface area contributed by atoms with Gasteiger partial charge in [-0.15, -0.1) is 0 Å². The molecule has 0 aliphatic rings. The van der Waals surface area contributed by atoms with Crippen LogP contribution in [0.25, 0.3) is 0 Å². The third kappa shape index (κ3) is 9.14. The Labute approximate surface area is 64.0 Å². The summed E-state index contributed by atoms with van der Waals surface area (Å²) < 4.78 is 0. The van der Waals surface area contributed by atoms with Gasteiger partial charge in [-0.25, -0.2) is 0 Å². The van der Waals surface area contributed by atoms with Crippen LogP contribution < -0.4 is 0 Å². The van der Waals surface area contributed by atoms with Gasteiger partial charge in [0.1, 0.15) is 0 Å². The topological polar surface area (TPSA) is 31.5 Å². The Kier molecular flexibility index (Phi) is 212. The van der Waals surface area contributed by atoms with Crippen LogP contribution in [0.1, 0.15) is 0 Å². The summed E-state index contributed by atoms with van der Waals surface area (Å²) in [5, 5.41) is 0. The van der Waals surface area contributed by atoms with Gasteiger partial charge in [0.25, 0.3) is 0 Å². The average Bonchev–Trinajstić information content (AvgIpc) is 0. The molecule has 0 bridgehead atoms. The third-order valence-corrected chi connectivity index (χ3v) is 0. The SMILES string of the molecule is O.[Ag].[Mn].[Zn]. The molecule has 0 rings (SSSR count). The molecule has 0 aliphatic heterocycles. The van der Waals surface area contributed by atoms with Gasteiger partial charge in [0.05, 0.1) is 0 Å². The monoisotopic (exact) mass is 244 g/mol. The van der Waals surface area contributed by atoms with E-state index >= 15 is 0 Å². The minimum atomic E-state index is 0. The van der Waals surface area contributed by atoms with Crippen LogP contribution in [0.2, 0.25) is 0 Å². The Morgan fingerprint density at radius 1 is 1.00 bits per heavy atom. The van der Waals surface area contributed by atoms with Gasteiger partial charge in [-0.1, -0.05) is 0 Å². The van der Waals surface area contributed by atoms with Gasteiger partial charge >= 0.3 is 0 Å². The van der Waals surface area contributed by atoms with Gasteiger partial charge in [-0.3, -0.25) is 0 Å². The smallest absolute Gasteiger partial charge is 0 e. The molecule has 0 spiro atoms. The summed E-state index contributed by atoms with van der Waals surface area (Å²) in [5.74, 6) is 0. The predicted octanol–water partition coefficient (Wildman–Crippen LogP) is -0.832. The van der Waals surface area contributed by atoms with Crippen LogP contribution in [-0.4, -0.2) is 5.48 Å². The van der Waals surface area contributed by atoms with Crippen LogP contribution in [0.5, 0.6) is 0 Å². The number of hydrogen-bond donors (Lipinski definition) is 0. The van der Waals surface area contributed by atoms with Crippen molar-refractivity contribution in [2.45, 2.75) is 0 Å². The molecule has 0 aromatic heterocycles. The minimum absolute atomic E-state index is 0. The fourth-order valence-corrected chi connectivity index (χ4v) is 0. The average molecular weight is 246 g/mol. The largest absolute Gasteiger partial charge is 0.412 e. The van der Waals surface area contributed by atoms with E-state index in [9.17, 15) is 0 Å². The molecule has 28 valence electrons. The summed E-state index contributed by atoms with van der Waals surface area (Å²) in [5.41, 5.74) is 0. The first-order chi connectivity index (χ1) is 0. The Hall–Kier alpha value is 1.84. The predicted molar refractivity (Wildman–Crippen MR) is 3.61 cm³/mol. The van der Waals surface area contributed by atoms with Gasteiger partial charge in [-0.2, -0.15) is 0 Å². The van der Waals surface area contributed by atoms with Crippen LogP contribution in [-0.2, 0) is 58.9 Å². The maximum absolute atomic E-state index is 0. The zero-order valence-corrected chi connectivity index (χ0v) is 7.52. The summed E-state index contributed by atoms with van der Waals surface area (Å²) in [6.07, 6.45) is 0. The molecule has 4 heteroatoms. The van der Waals surface area contributed by atoms with E-state index in [4.69, 9.17) is 0 Å². The normalized spacial score (nSPS) is 0. The first kappa shape index (κ1) is 40.3. The molecular weight excluding hydrogens is 244 g/mol. The van der Waals surface area contributed by atoms with E-state index in [0.29, 0.717) is 0 Å². The van der Waals surface area contributed by atoms with Crippen LogP contribution in [0.4, 0.5) is 0 Å². The molecule has 0 saturated heterocycles. The molecule has 0 atom stereocenters. The number of hydrogen-bond acceptors (Lipinski definition) is 0. The Morgan fingerprint density at radius 2 is 1.00 bits per heavy atom. The molecule has 0 amide bonds. The van der Waals surface area contributed by atoms with Gasteiger partial charge < -0.3 is 5.48 Å². The first-order valence-electron chi connectivity index (χ1n) is 0. The summed E-state index contributed by atoms with van der Waals surface area (Å²) >= 11 is 0. The fraction of sp³-hybridized carbons (Fsp3) is 0. The minimum Gasteiger partial charge on any atom is -0.412 e. The van der Waals surface area contributed by atoms with Crippen LogP contribution in [0.15, 0.2) is 0 Å². The van der Waals surface area contributed by atoms with Crippen molar-refractivity contribution < 1.29 is 64.4 Å². The maximum Gasteiger partial charge on any atom is 0 e.